The first-order valence-electron chi connectivity index (χ1n) is 4.12. The van der Waals surface area contributed by atoms with Gasteiger partial charge < -0.3 is 14.9 Å². The number of carbonyl (C=O) groups excluding carboxylic acids is 1. The minimum atomic E-state index is -1.96. The quantitative estimate of drug-likeness (QED) is 0.670. The number of hydrogen-bond donors (Lipinski definition) is 2. The van der Waals surface area contributed by atoms with Crippen LogP contribution in [0.25, 0.3) is 0 Å². The van der Waals surface area contributed by atoms with Gasteiger partial charge in [0.2, 0.25) is 5.60 Å². The Balaban J connectivity index is 3.08. The second-order valence-electron chi connectivity index (χ2n) is 2.88. The maximum atomic E-state index is 11.2. The fourth-order valence-corrected chi connectivity index (χ4v) is 1.16. The third-order valence-electron chi connectivity index (χ3n) is 2.00. The molecule has 0 fully saturated rings. The van der Waals surface area contributed by atoms with Crippen molar-refractivity contribution < 1.29 is 19.7 Å². The van der Waals surface area contributed by atoms with Crippen LogP contribution >= 0.6 is 0 Å². The lowest BCUT2D eigenvalue weighted by molar-refractivity contribution is -0.168. The lowest BCUT2D eigenvalue weighted by Gasteiger charge is -2.22. The van der Waals surface area contributed by atoms with Crippen LogP contribution in [0.4, 0.5) is 0 Å². The zero-order chi connectivity index (χ0) is 10.6. The summed E-state index contributed by atoms with van der Waals surface area (Å²) in [6.45, 7) is -0.705. The van der Waals surface area contributed by atoms with Crippen molar-refractivity contribution in [2.24, 2.45) is 0 Å². The highest BCUT2D eigenvalue weighted by Crippen LogP contribution is 2.21. The molecule has 0 radical (unpaired) electrons. The minimum Gasteiger partial charge on any atom is -0.467 e. The number of esters is 1. The van der Waals surface area contributed by atoms with Crippen molar-refractivity contribution in [3.8, 4) is 0 Å². The smallest absolute Gasteiger partial charge is 0.345 e. The minimum absolute atomic E-state index is 0.314. The highest BCUT2D eigenvalue weighted by atomic mass is 16.5. The normalized spacial score (nSPS) is 14.5. The molecule has 0 heterocycles. The monoisotopic (exact) mass is 196 g/mol. The van der Waals surface area contributed by atoms with Gasteiger partial charge in [-0.3, -0.25) is 0 Å². The Morgan fingerprint density at radius 1 is 1.43 bits per heavy atom. The lowest BCUT2D eigenvalue weighted by Crippen LogP contribution is -2.40. The van der Waals surface area contributed by atoms with E-state index >= 15 is 0 Å². The SMILES string of the molecule is COC(=O)[C@@](O)(CO)c1ccccc1. The largest absolute Gasteiger partial charge is 0.467 e. The first-order chi connectivity index (χ1) is 6.65. The topological polar surface area (TPSA) is 66.8 Å². The van der Waals surface area contributed by atoms with Crippen molar-refractivity contribution in [3.63, 3.8) is 0 Å². The number of aliphatic hydroxyl groups is 2. The van der Waals surface area contributed by atoms with Gasteiger partial charge >= 0.3 is 5.97 Å². The molecule has 14 heavy (non-hydrogen) atoms. The number of rotatable bonds is 3. The van der Waals surface area contributed by atoms with E-state index in [1.807, 2.05) is 0 Å². The van der Waals surface area contributed by atoms with Crippen molar-refractivity contribution in [2.45, 2.75) is 5.60 Å². The van der Waals surface area contributed by atoms with Crippen molar-refractivity contribution in [2.75, 3.05) is 13.7 Å². The summed E-state index contributed by atoms with van der Waals surface area (Å²) in [6.07, 6.45) is 0. The number of ether oxygens (including phenoxy) is 1. The first-order valence-corrected chi connectivity index (χ1v) is 4.12. The van der Waals surface area contributed by atoms with Crippen LogP contribution in [0.3, 0.4) is 0 Å². The Labute approximate surface area is 81.8 Å². The van der Waals surface area contributed by atoms with Crippen molar-refractivity contribution >= 4 is 5.97 Å². The van der Waals surface area contributed by atoms with E-state index in [1.165, 1.54) is 0 Å². The molecule has 0 aliphatic heterocycles. The van der Waals surface area contributed by atoms with Gasteiger partial charge in [0.15, 0.2) is 0 Å². The van der Waals surface area contributed by atoms with Gasteiger partial charge in [-0.2, -0.15) is 0 Å². The van der Waals surface area contributed by atoms with E-state index in [9.17, 15) is 9.90 Å². The molecule has 0 aliphatic carbocycles. The number of aliphatic hydroxyl groups excluding tert-OH is 1. The van der Waals surface area contributed by atoms with Gasteiger partial charge in [-0.25, -0.2) is 4.79 Å². The molecular weight excluding hydrogens is 184 g/mol. The van der Waals surface area contributed by atoms with E-state index in [0.29, 0.717) is 5.56 Å². The summed E-state index contributed by atoms with van der Waals surface area (Å²) < 4.78 is 4.41. The highest BCUT2D eigenvalue weighted by molar-refractivity contribution is 5.81. The third-order valence-corrected chi connectivity index (χ3v) is 2.00. The standard InChI is InChI=1S/C10H12O4/c1-14-9(12)10(13,7-11)8-5-3-2-4-6-8/h2-6,11,13H,7H2,1H3/t10-/m1/s1. The molecule has 0 spiro atoms. The predicted octanol–water partition coefficient (Wildman–Crippen LogP) is 0.0395. The lowest BCUT2D eigenvalue weighted by atomic mass is 9.95. The molecule has 0 saturated carbocycles. The Morgan fingerprint density at radius 3 is 2.43 bits per heavy atom. The van der Waals surface area contributed by atoms with E-state index in [2.05, 4.69) is 4.74 Å². The molecule has 2 N–H and O–H groups in total. The maximum absolute atomic E-state index is 11.2. The number of carbonyl (C=O) groups is 1. The van der Waals surface area contributed by atoms with Crippen LogP contribution < -0.4 is 0 Å². The molecule has 1 rings (SSSR count). The Kier molecular flexibility index (Phi) is 3.22. The van der Waals surface area contributed by atoms with Gasteiger partial charge in [0.05, 0.1) is 13.7 Å². The predicted molar refractivity (Wildman–Crippen MR) is 49.4 cm³/mol. The van der Waals surface area contributed by atoms with Crippen LogP contribution in [0.5, 0.6) is 0 Å². The van der Waals surface area contributed by atoms with Crippen LogP contribution in [0.15, 0.2) is 30.3 Å². The summed E-state index contributed by atoms with van der Waals surface area (Å²) in [5.74, 6) is -0.869. The van der Waals surface area contributed by atoms with Gasteiger partial charge in [0, 0.05) is 0 Å². The second kappa shape index (κ2) is 4.21. The molecule has 4 heteroatoms. The molecule has 0 aromatic heterocycles. The molecule has 1 atom stereocenters. The van der Waals surface area contributed by atoms with Crippen LogP contribution in [0, 0.1) is 0 Å². The Morgan fingerprint density at radius 2 is 2.00 bits per heavy atom. The van der Waals surface area contributed by atoms with E-state index in [1.54, 1.807) is 30.3 Å². The molecule has 1 aromatic carbocycles. The van der Waals surface area contributed by atoms with E-state index in [4.69, 9.17) is 5.11 Å². The molecule has 0 amide bonds. The maximum Gasteiger partial charge on any atom is 0.345 e. The molecule has 0 unspecified atom stereocenters. The average Bonchev–Trinajstić information content (AvgIpc) is 2.28. The van der Waals surface area contributed by atoms with Gasteiger partial charge in [0.1, 0.15) is 0 Å². The fourth-order valence-electron chi connectivity index (χ4n) is 1.16. The molecule has 1 aromatic rings. The molecule has 4 nitrogen and oxygen atoms in total. The zero-order valence-corrected chi connectivity index (χ0v) is 7.80. The second-order valence-corrected chi connectivity index (χ2v) is 2.88. The number of methoxy groups -OCH3 is 1. The zero-order valence-electron chi connectivity index (χ0n) is 7.80. The highest BCUT2D eigenvalue weighted by Gasteiger charge is 2.38. The number of benzene rings is 1. The molecular formula is C10H12O4. The van der Waals surface area contributed by atoms with E-state index in [-0.39, 0.29) is 0 Å². The van der Waals surface area contributed by atoms with Gasteiger partial charge in [-0.15, -0.1) is 0 Å². The van der Waals surface area contributed by atoms with E-state index in [0.717, 1.165) is 7.11 Å². The van der Waals surface area contributed by atoms with Gasteiger partial charge in [-0.1, -0.05) is 30.3 Å². The van der Waals surface area contributed by atoms with Gasteiger partial charge in [0.25, 0.3) is 0 Å². The van der Waals surface area contributed by atoms with Crippen molar-refractivity contribution in [1.82, 2.24) is 0 Å². The summed E-state index contributed by atoms with van der Waals surface area (Å²) in [4.78, 5) is 11.2. The van der Waals surface area contributed by atoms with E-state index < -0.39 is 18.2 Å². The Hall–Kier alpha value is -1.39. The van der Waals surface area contributed by atoms with Crippen LogP contribution in [-0.2, 0) is 15.1 Å². The van der Waals surface area contributed by atoms with Gasteiger partial charge in [-0.05, 0) is 5.56 Å². The third kappa shape index (κ3) is 1.76. The molecule has 76 valence electrons. The summed E-state index contributed by atoms with van der Waals surface area (Å²) in [7, 11) is 1.16. The summed E-state index contributed by atoms with van der Waals surface area (Å²) in [5.41, 5.74) is -1.65. The van der Waals surface area contributed by atoms with Crippen LogP contribution in [0.2, 0.25) is 0 Å². The van der Waals surface area contributed by atoms with Crippen LogP contribution in [-0.4, -0.2) is 29.9 Å². The molecule has 0 bridgehead atoms. The van der Waals surface area contributed by atoms with Crippen LogP contribution in [0.1, 0.15) is 5.56 Å². The Bertz CT molecular complexity index is 309. The molecule has 0 saturated heterocycles. The number of hydrogen-bond acceptors (Lipinski definition) is 4. The summed E-state index contributed by atoms with van der Waals surface area (Å²) in [5, 5.41) is 18.8. The molecule has 0 aliphatic rings. The summed E-state index contributed by atoms with van der Waals surface area (Å²) in [6, 6.07) is 8.18. The first kappa shape index (κ1) is 10.7. The van der Waals surface area contributed by atoms with Crippen molar-refractivity contribution in [1.29, 1.82) is 0 Å². The summed E-state index contributed by atoms with van der Waals surface area (Å²) >= 11 is 0. The van der Waals surface area contributed by atoms with Crippen molar-refractivity contribution in [3.05, 3.63) is 35.9 Å². The average molecular weight is 196 g/mol. The fraction of sp³-hybridized carbons (Fsp3) is 0.300.